The lowest BCUT2D eigenvalue weighted by Gasteiger charge is -2.12. The molecule has 0 aliphatic heterocycles. The Morgan fingerprint density at radius 3 is 2.92 bits per heavy atom. The van der Waals surface area contributed by atoms with E-state index < -0.39 is 5.91 Å². The quantitative estimate of drug-likeness (QED) is 0.579. The maximum atomic E-state index is 12.1. The molecule has 0 saturated heterocycles. The zero-order valence-corrected chi connectivity index (χ0v) is 14.7. The van der Waals surface area contributed by atoms with Crippen molar-refractivity contribution < 1.29 is 4.79 Å². The summed E-state index contributed by atoms with van der Waals surface area (Å²) in [5.41, 5.74) is 9.89. The Bertz CT molecular complexity index is 1130. The van der Waals surface area contributed by atoms with Crippen molar-refractivity contribution in [2.24, 2.45) is 5.73 Å². The second kappa shape index (κ2) is 6.27. The van der Waals surface area contributed by atoms with Crippen LogP contribution in [0.3, 0.4) is 0 Å². The first-order valence-corrected chi connectivity index (χ1v) is 8.41. The average Bonchev–Trinajstić information content (AvgIpc) is 3.28. The van der Waals surface area contributed by atoms with Crippen molar-refractivity contribution in [3.63, 3.8) is 0 Å². The average molecular weight is 367 g/mol. The minimum atomic E-state index is -0.532. The van der Waals surface area contributed by atoms with Gasteiger partial charge in [-0.15, -0.1) is 0 Å². The molecule has 1 amide bonds. The van der Waals surface area contributed by atoms with Gasteiger partial charge in [-0.05, 0) is 30.2 Å². The van der Waals surface area contributed by atoms with Gasteiger partial charge in [-0.2, -0.15) is 5.10 Å². The number of halogens is 1. The minimum Gasteiger partial charge on any atom is -0.364 e. The number of benzene rings is 1. The third kappa shape index (κ3) is 2.62. The van der Waals surface area contributed by atoms with E-state index in [4.69, 9.17) is 17.3 Å². The maximum Gasteiger partial charge on any atom is 0.265 e. The van der Waals surface area contributed by atoms with Crippen LogP contribution in [0, 0.1) is 0 Å². The minimum absolute atomic E-state index is 0.354. The molecule has 0 bridgehead atoms. The molecule has 130 valence electrons. The number of nitrogens with zero attached hydrogens (tertiary/aromatic N) is 4. The van der Waals surface area contributed by atoms with Crippen LogP contribution in [0.2, 0.25) is 5.02 Å². The number of carbonyl (C=O) groups excluding carboxylic acids is 1. The fourth-order valence-corrected chi connectivity index (χ4v) is 3.20. The van der Waals surface area contributed by atoms with E-state index in [2.05, 4.69) is 20.2 Å². The molecule has 0 saturated carbocycles. The van der Waals surface area contributed by atoms with E-state index in [0.29, 0.717) is 22.1 Å². The molecule has 0 unspecified atom stereocenters. The van der Waals surface area contributed by atoms with Crippen molar-refractivity contribution in [3.8, 4) is 16.9 Å². The number of carbonyl (C=O) groups is 1. The molecule has 0 atom stereocenters. The van der Waals surface area contributed by atoms with Gasteiger partial charge in [-0.3, -0.25) is 9.89 Å². The molecule has 1 aromatic carbocycles. The fraction of sp³-hybridized carbons (Fsp3) is 0.111. The topological polar surface area (TPSA) is 102 Å². The highest BCUT2D eigenvalue weighted by Gasteiger charge is 2.18. The lowest BCUT2D eigenvalue weighted by atomic mass is 10.1. The van der Waals surface area contributed by atoms with Gasteiger partial charge in [0.1, 0.15) is 12.0 Å². The maximum absolute atomic E-state index is 12.1. The molecular formula is C18H15ClN6O. The van der Waals surface area contributed by atoms with Crippen molar-refractivity contribution in [2.45, 2.75) is 13.3 Å². The normalized spacial score (nSPS) is 11.2. The summed E-state index contributed by atoms with van der Waals surface area (Å²) in [6.45, 7) is 2.04. The summed E-state index contributed by atoms with van der Waals surface area (Å²) in [7, 11) is 0. The van der Waals surface area contributed by atoms with Crippen LogP contribution < -0.4 is 5.73 Å². The molecule has 4 aromatic rings. The first kappa shape index (κ1) is 16.3. The zero-order valence-electron chi connectivity index (χ0n) is 13.9. The Balaban J connectivity index is 1.97. The number of aryl methyl sites for hydroxylation is 1. The van der Waals surface area contributed by atoms with Crippen molar-refractivity contribution in [1.29, 1.82) is 0 Å². The molecule has 3 aromatic heterocycles. The third-order valence-electron chi connectivity index (χ3n) is 4.28. The number of amides is 1. The molecular weight excluding hydrogens is 352 g/mol. The van der Waals surface area contributed by atoms with Gasteiger partial charge < -0.3 is 10.3 Å². The van der Waals surface area contributed by atoms with Crippen LogP contribution in [0.25, 0.3) is 28.0 Å². The van der Waals surface area contributed by atoms with Crippen molar-refractivity contribution in [1.82, 2.24) is 24.7 Å². The molecule has 3 N–H and O–H groups in total. The number of hydrogen-bond donors (Lipinski definition) is 2. The highest BCUT2D eigenvalue weighted by atomic mass is 35.5. The monoisotopic (exact) mass is 366 g/mol. The van der Waals surface area contributed by atoms with E-state index in [1.54, 1.807) is 16.8 Å². The smallest absolute Gasteiger partial charge is 0.265 e. The second-order valence-electron chi connectivity index (χ2n) is 5.83. The van der Waals surface area contributed by atoms with Crippen molar-refractivity contribution in [2.75, 3.05) is 0 Å². The van der Waals surface area contributed by atoms with Crippen LogP contribution in [0.1, 0.15) is 23.0 Å². The highest BCUT2D eigenvalue weighted by molar-refractivity contribution is 6.30. The molecule has 0 aliphatic rings. The highest BCUT2D eigenvalue weighted by Crippen LogP contribution is 2.30. The number of fused-ring (bicyclic) bond motifs is 1. The zero-order chi connectivity index (χ0) is 18.3. The second-order valence-corrected chi connectivity index (χ2v) is 6.27. The first-order valence-electron chi connectivity index (χ1n) is 8.04. The summed E-state index contributed by atoms with van der Waals surface area (Å²) in [6, 6.07) is 7.32. The summed E-state index contributed by atoms with van der Waals surface area (Å²) < 4.78 is 1.76. The largest absolute Gasteiger partial charge is 0.364 e. The van der Waals surface area contributed by atoms with Gasteiger partial charge >= 0.3 is 0 Å². The van der Waals surface area contributed by atoms with Crippen molar-refractivity contribution in [3.05, 3.63) is 59.3 Å². The van der Waals surface area contributed by atoms with Gasteiger partial charge in [0.15, 0.2) is 5.65 Å². The van der Waals surface area contributed by atoms with E-state index >= 15 is 0 Å². The van der Waals surface area contributed by atoms with Gasteiger partial charge in [-0.1, -0.05) is 24.6 Å². The van der Waals surface area contributed by atoms with Gasteiger partial charge in [0, 0.05) is 16.8 Å². The number of primary amides is 1. The summed E-state index contributed by atoms with van der Waals surface area (Å²) >= 11 is 6.18. The lowest BCUT2D eigenvalue weighted by Crippen LogP contribution is -2.16. The van der Waals surface area contributed by atoms with Crippen LogP contribution in [0.5, 0.6) is 0 Å². The third-order valence-corrected chi connectivity index (χ3v) is 4.52. The van der Waals surface area contributed by atoms with Gasteiger partial charge in [-0.25, -0.2) is 9.97 Å². The summed E-state index contributed by atoms with van der Waals surface area (Å²) in [5, 5.41) is 8.17. The van der Waals surface area contributed by atoms with Crippen LogP contribution in [0.15, 0.2) is 43.0 Å². The van der Waals surface area contributed by atoms with Gasteiger partial charge in [0.2, 0.25) is 0 Å². The molecule has 7 nitrogen and oxygen atoms in total. The predicted octanol–water partition coefficient (Wildman–Crippen LogP) is 3.13. The van der Waals surface area contributed by atoms with E-state index in [-0.39, 0.29) is 0 Å². The Morgan fingerprint density at radius 2 is 2.15 bits per heavy atom. The molecule has 0 radical (unpaired) electrons. The lowest BCUT2D eigenvalue weighted by molar-refractivity contribution is 0.0994. The number of rotatable bonds is 4. The standard InChI is InChI=1S/C18H15ClN6O/c1-2-10-3-4-12(19)6-14(10)25-8-11(5-15(25)17(20)26)16-13-7-23-24-18(13)22-9-21-16/h3-9H,2H2,1H3,(H2,20,26)(H,21,22,23,24). The molecule has 8 heteroatoms. The van der Waals surface area contributed by atoms with Gasteiger partial charge in [0.25, 0.3) is 5.91 Å². The summed E-state index contributed by atoms with van der Waals surface area (Å²) in [5.74, 6) is -0.532. The Morgan fingerprint density at radius 1 is 1.31 bits per heavy atom. The van der Waals surface area contributed by atoms with Crippen LogP contribution in [0.4, 0.5) is 0 Å². The number of aromatic nitrogens is 5. The fourth-order valence-electron chi connectivity index (χ4n) is 3.04. The van der Waals surface area contributed by atoms with Crippen molar-refractivity contribution >= 4 is 28.5 Å². The molecule has 26 heavy (non-hydrogen) atoms. The Kier molecular flexibility index (Phi) is 3.93. The molecule has 0 spiro atoms. The number of nitrogens with one attached hydrogen (secondary N) is 1. The van der Waals surface area contributed by atoms with E-state index in [1.165, 1.54) is 6.33 Å². The first-order chi connectivity index (χ1) is 12.6. The SMILES string of the molecule is CCc1ccc(Cl)cc1-n1cc(-c2ncnc3[nH]ncc23)cc1C(N)=O. The Labute approximate surface area is 153 Å². The molecule has 4 rings (SSSR count). The predicted molar refractivity (Wildman–Crippen MR) is 99.4 cm³/mol. The Hall–Kier alpha value is -3.19. The van der Waals surface area contributed by atoms with Gasteiger partial charge in [0.05, 0.1) is 23.0 Å². The molecule has 0 fully saturated rings. The number of aromatic amines is 1. The van der Waals surface area contributed by atoms with Crippen LogP contribution >= 0.6 is 11.6 Å². The van der Waals surface area contributed by atoms with Crippen LogP contribution in [-0.2, 0) is 6.42 Å². The summed E-state index contributed by atoms with van der Waals surface area (Å²) in [6.07, 6.45) is 5.73. The van der Waals surface area contributed by atoms with E-state index in [1.807, 2.05) is 31.3 Å². The number of H-pyrrole nitrogens is 1. The molecule has 0 aliphatic carbocycles. The number of hydrogen-bond acceptors (Lipinski definition) is 4. The number of nitrogens with two attached hydrogens (primary N) is 1. The van der Waals surface area contributed by atoms with Crippen LogP contribution in [-0.4, -0.2) is 30.6 Å². The van der Waals surface area contributed by atoms with E-state index in [0.717, 1.165) is 28.6 Å². The van der Waals surface area contributed by atoms with E-state index in [9.17, 15) is 4.79 Å². The molecule has 3 heterocycles. The summed E-state index contributed by atoms with van der Waals surface area (Å²) in [4.78, 5) is 20.6.